The largest absolute Gasteiger partial charge is 0.494 e. The third kappa shape index (κ3) is 5.16. The average Bonchev–Trinajstić information content (AvgIpc) is 2.52. The van der Waals surface area contributed by atoms with Gasteiger partial charge in [-0.15, -0.1) is 0 Å². The SMILES string of the molecule is NCc1ccc(OCCCS(=O)c2cccc(Cl)c2)cc1. The van der Waals surface area contributed by atoms with Crippen molar-refractivity contribution in [3.05, 3.63) is 59.1 Å². The standard InChI is InChI=1S/C16H18ClNO2S/c17-14-3-1-4-16(11-14)21(19)10-2-9-20-15-7-5-13(12-18)6-8-15/h1,3-8,11H,2,9-10,12,18H2. The lowest BCUT2D eigenvalue weighted by atomic mass is 10.2. The molecular weight excluding hydrogens is 306 g/mol. The van der Waals surface area contributed by atoms with E-state index in [1.807, 2.05) is 36.4 Å². The van der Waals surface area contributed by atoms with Gasteiger partial charge in [0.2, 0.25) is 0 Å². The molecule has 5 heteroatoms. The third-order valence-corrected chi connectivity index (χ3v) is 4.64. The Labute approximate surface area is 132 Å². The van der Waals surface area contributed by atoms with Crippen molar-refractivity contribution in [1.29, 1.82) is 0 Å². The number of hydrogen-bond acceptors (Lipinski definition) is 3. The molecule has 0 bridgehead atoms. The Morgan fingerprint density at radius 2 is 1.90 bits per heavy atom. The Hall–Kier alpha value is -1.36. The summed E-state index contributed by atoms with van der Waals surface area (Å²) in [5.74, 6) is 1.36. The Morgan fingerprint density at radius 3 is 2.57 bits per heavy atom. The van der Waals surface area contributed by atoms with Gasteiger partial charge in [0, 0.05) is 22.2 Å². The number of ether oxygens (including phenoxy) is 1. The highest BCUT2D eigenvalue weighted by Gasteiger charge is 2.04. The molecule has 0 radical (unpaired) electrons. The molecule has 2 N–H and O–H groups in total. The molecule has 3 nitrogen and oxygen atoms in total. The first-order valence-corrected chi connectivity index (χ1v) is 8.44. The molecule has 0 saturated heterocycles. The summed E-state index contributed by atoms with van der Waals surface area (Å²) in [6.07, 6.45) is 0.720. The number of benzene rings is 2. The van der Waals surface area contributed by atoms with Crippen molar-refractivity contribution in [1.82, 2.24) is 0 Å². The van der Waals surface area contributed by atoms with E-state index in [4.69, 9.17) is 22.1 Å². The zero-order valence-electron chi connectivity index (χ0n) is 11.6. The molecule has 1 atom stereocenters. The smallest absolute Gasteiger partial charge is 0.119 e. The van der Waals surface area contributed by atoms with Crippen molar-refractivity contribution in [3.8, 4) is 5.75 Å². The summed E-state index contributed by atoms with van der Waals surface area (Å²) in [5.41, 5.74) is 6.61. The van der Waals surface area contributed by atoms with Crippen molar-refractivity contribution >= 4 is 22.4 Å². The molecule has 21 heavy (non-hydrogen) atoms. The fourth-order valence-corrected chi connectivity index (χ4v) is 3.19. The number of nitrogens with two attached hydrogens (primary N) is 1. The van der Waals surface area contributed by atoms with E-state index in [2.05, 4.69) is 0 Å². The number of halogens is 1. The summed E-state index contributed by atoms with van der Waals surface area (Å²) in [7, 11) is -1.04. The van der Waals surface area contributed by atoms with Gasteiger partial charge < -0.3 is 10.5 Å². The minimum Gasteiger partial charge on any atom is -0.494 e. The molecule has 0 saturated carbocycles. The van der Waals surface area contributed by atoms with E-state index >= 15 is 0 Å². The number of hydrogen-bond donors (Lipinski definition) is 1. The minimum atomic E-state index is -1.04. The van der Waals surface area contributed by atoms with Crippen LogP contribution in [0.3, 0.4) is 0 Å². The molecular formula is C16H18ClNO2S. The van der Waals surface area contributed by atoms with E-state index in [0.29, 0.717) is 23.9 Å². The molecule has 0 amide bonds. The molecule has 0 fully saturated rings. The fourth-order valence-electron chi connectivity index (χ4n) is 1.83. The van der Waals surface area contributed by atoms with E-state index in [-0.39, 0.29) is 0 Å². The zero-order valence-corrected chi connectivity index (χ0v) is 13.2. The summed E-state index contributed by atoms with van der Waals surface area (Å²) in [5, 5.41) is 0.608. The van der Waals surface area contributed by atoms with E-state index in [9.17, 15) is 4.21 Å². The second-order valence-electron chi connectivity index (χ2n) is 4.56. The van der Waals surface area contributed by atoms with E-state index < -0.39 is 10.8 Å². The normalized spacial score (nSPS) is 12.1. The lowest BCUT2D eigenvalue weighted by Gasteiger charge is -2.07. The second-order valence-corrected chi connectivity index (χ2v) is 6.56. The van der Waals surface area contributed by atoms with Crippen LogP contribution in [0.5, 0.6) is 5.75 Å². The maximum Gasteiger partial charge on any atom is 0.119 e. The molecule has 0 aliphatic carbocycles. The van der Waals surface area contributed by atoms with Crippen LogP contribution in [0, 0.1) is 0 Å². The fraction of sp³-hybridized carbons (Fsp3) is 0.250. The van der Waals surface area contributed by atoms with Gasteiger partial charge in [-0.3, -0.25) is 4.21 Å². The maximum atomic E-state index is 12.1. The summed E-state index contributed by atoms with van der Waals surface area (Å²) in [6, 6.07) is 14.8. The molecule has 0 spiro atoms. The first-order chi connectivity index (χ1) is 10.2. The predicted molar refractivity (Wildman–Crippen MR) is 87.2 cm³/mol. The van der Waals surface area contributed by atoms with Crippen LogP contribution in [-0.4, -0.2) is 16.6 Å². The summed E-state index contributed by atoms with van der Waals surface area (Å²) in [4.78, 5) is 0.759. The monoisotopic (exact) mass is 323 g/mol. The molecule has 2 aromatic rings. The Morgan fingerprint density at radius 1 is 1.14 bits per heavy atom. The van der Waals surface area contributed by atoms with Gasteiger partial charge in [-0.25, -0.2) is 0 Å². The summed E-state index contributed by atoms with van der Waals surface area (Å²) < 4.78 is 17.7. The van der Waals surface area contributed by atoms with Crippen molar-refractivity contribution < 1.29 is 8.95 Å². The van der Waals surface area contributed by atoms with Crippen LogP contribution < -0.4 is 10.5 Å². The van der Waals surface area contributed by atoms with Crippen LogP contribution in [0.15, 0.2) is 53.4 Å². The highest BCUT2D eigenvalue weighted by atomic mass is 35.5. The van der Waals surface area contributed by atoms with Crippen LogP contribution in [-0.2, 0) is 17.3 Å². The van der Waals surface area contributed by atoms with Gasteiger partial charge in [0.1, 0.15) is 5.75 Å². The second kappa shape index (κ2) is 8.17. The molecule has 2 aromatic carbocycles. The van der Waals surface area contributed by atoms with Crippen LogP contribution in [0.1, 0.15) is 12.0 Å². The maximum absolute atomic E-state index is 12.1. The van der Waals surface area contributed by atoms with E-state index in [1.165, 1.54) is 0 Å². The molecule has 2 rings (SSSR count). The Balaban J connectivity index is 1.75. The molecule has 0 aromatic heterocycles. The van der Waals surface area contributed by atoms with Gasteiger partial charge in [0.25, 0.3) is 0 Å². The highest BCUT2D eigenvalue weighted by Crippen LogP contribution is 2.15. The van der Waals surface area contributed by atoms with Crippen LogP contribution in [0.2, 0.25) is 5.02 Å². The molecule has 1 unspecified atom stereocenters. The van der Waals surface area contributed by atoms with Crippen molar-refractivity contribution in [3.63, 3.8) is 0 Å². The van der Waals surface area contributed by atoms with Gasteiger partial charge in [-0.1, -0.05) is 29.8 Å². The van der Waals surface area contributed by atoms with Crippen LogP contribution in [0.25, 0.3) is 0 Å². The highest BCUT2D eigenvalue weighted by molar-refractivity contribution is 7.85. The van der Waals surface area contributed by atoms with Crippen LogP contribution in [0.4, 0.5) is 0 Å². The topological polar surface area (TPSA) is 52.3 Å². The molecule has 0 aliphatic heterocycles. The summed E-state index contributed by atoms with van der Waals surface area (Å²) >= 11 is 5.89. The van der Waals surface area contributed by atoms with Crippen LogP contribution >= 0.6 is 11.6 Å². The van der Waals surface area contributed by atoms with Crippen molar-refractivity contribution in [2.24, 2.45) is 5.73 Å². The minimum absolute atomic E-state index is 0.527. The van der Waals surface area contributed by atoms with Gasteiger partial charge in [-0.2, -0.15) is 0 Å². The third-order valence-electron chi connectivity index (χ3n) is 2.96. The molecule has 112 valence electrons. The van der Waals surface area contributed by atoms with Gasteiger partial charge in [0.05, 0.1) is 17.4 Å². The summed E-state index contributed by atoms with van der Waals surface area (Å²) in [6.45, 7) is 1.06. The zero-order chi connectivity index (χ0) is 15.1. The van der Waals surface area contributed by atoms with Crippen molar-refractivity contribution in [2.45, 2.75) is 17.9 Å². The quantitative estimate of drug-likeness (QED) is 0.795. The van der Waals surface area contributed by atoms with Gasteiger partial charge in [-0.05, 0) is 42.3 Å². The predicted octanol–water partition coefficient (Wildman–Crippen LogP) is 3.38. The van der Waals surface area contributed by atoms with Gasteiger partial charge in [0.15, 0.2) is 0 Å². The first-order valence-electron chi connectivity index (χ1n) is 6.75. The molecule has 0 heterocycles. The Bertz CT molecular complexity index is 601. The van der Waals surface area contributed by atoms with E-state index in [0.717, 1.165) is 22.6 Å². The van der Waals surface area contributed by atoms with E-state index in [1.54, 1.807) is 12.1 Å². The first kappa shape index (κ1) is 16.0. The lowest BCUT2D eigenvalue weighted by Crippen LogP contribution is -2.05. The average molecular weight is 324 g/mol. The number of rotatable bonds is 7. The lowest BCUT2D eigenvalue weighted by molar-refractivity contribution is 0.318. The molecule has 0 aliphatic rings. The van der Waals surface area contributed by atoms with Crippen molar-refractivity contribution in [2.75, 3.05) is 12.4 Å². The Kier molecular flexibility index (Phi) is 6.23. The van der Waals surface area contributed by atoms with Gasteiger partial charge >= 0.3 is 0 Å².